The molecule has 2 aromatic heterocycles. The van der Waals surface area contributed by atoms with Crippen molar-refractivity contribution in [3.05, 3.63) is 29.9 Å². The number of nitrogens with zero attached hydrogens (tertiary/aromatic N) is 3. The standard InChI is InChI=1S/C12H15N3O2/c1-2-9-8-13-6-5-10(9)12-14-11(17-15-12)4-3-7-16/h5-6,8,16H,2-4,7H2,1H3. The lowest BCUT2D eigenvalue weighted by Gasteiger charge is -2.00. The summed E-state index contributed by atoms with van der Waals surface area (Å²) in [6.07, 6.45) is 5.66. The molecule has 0 atom stereocenters. The maximum absolute atomic E-state index is 8.74. The summed E-state index contributed by atoms with van der Waals surface area (Å²) in [5.41, 5.74) is 2.06. The summed E-state index contributed by atoms with van der Waals surface area (Å²) in [6, 6.07) is 1.89. The fourth-order valence-corrected chi connectivity index (χ4v) is 1.62. The second-order valence-corrected chi connectivity index (χ2v) is 3.73. The first-order valence-electron chi connectivity index (χ1n) is 5.72. The molecule has 90 valence electrons. The van der Waals surface area contributed by atoms with Gasteiger partial charge in [0.15, 0.2) is 0 Å². The average Bonchev–Trinajstić information content (AvgIpc) is 2.85. The Morgan fingerprint density at radius 3 is 3.06 bits per heavy atom. The molecule has 17 heavy (non-hydrogen) atoms. The van der Waals surface area contributed by atoms with Gasteiger partial charge in [-0.1, -0.05) is 12.1 Å². The van der Waals surface area contributed by atoms with Crippen LogP contribution in [0.2, 0.25) is 0 Å². The largest absolute Gasteiger partial charge is 0.396 e. The Labute approximate surface area is 99.5 Å². The predicted molar refractivity (Wildman–Crippen MR) is 62.3 cm³/mol. The molecular formula is C12H15N3O2. The van der Waals surface area contributed by atoms with Crippen LogP contribution in [-0.2, 0) is 12.8 Å². The van der Waals surface area contributed by atoms with E-state index in [2.05, 4.69) is 22.0 Å². The molecule has 5 heteroatoms. The number of hydrogen-bond acceptors (Lipinski definition) is 5. The van der Waals surface area contributed by atoms with Crippen molar-refractivity contribution in [2.45, 2.75) is 26.2 Å². The second-order valence-electron chi connectivity index (χ2n) is 3.73. The minimum Gasteiger partial charge on any atom is -0.396 e. The van der Waals surface area contributed by atoms with Gasteiger partial charge in [0.2, 0.25) is 11.7 Å². The van der Waals surface area contributed by atoms with Crippen molar-refractivity contribution in [2.75, 3.05) is 6.61 Å². The highest BCUT2D eigenvalue weighted by molar-refractivity contribution is 5.58. The molecule has 0 aromatic carbocycles. The van der Waals surface area contributed by atoms with E-state index in [1.807, 2.05) is 12.3 Å². The van der Waals surface area contributed by atoms with Crippen molar-refractivity contribution in [1.29, 1.82) is 0 Å². The van der Waals surface area contributed by atoms with Crippen LogP contribution < -0.4 is 0 Å². The van der Waals surface area contributed by atoms with Crippen molar-refractivity contribution in [2.24, 2.45) is 0 Å². The topological polar surface area (TPSA) is 72.0 Å². The summed E-state index contributed by atoms with van der Waals surface area (Å²) in [4.78, 5) is 8.39. The second kappa shape index (κ2) is 5.54. The van der Waals surface area contributed by atoms with Gasteiger partial charge >= 0.3 is 0 Å². The Hall–Kier alpha value is -1.75. The Bertz CT molecular complexity index is 482. The summed E-state index contributed by atoms with van der Waals surface area (Å²) < 4.78 is 5.13. The van der Waals surface area contributed by atoms with Gasteiger partial charge in [-0.25, -0.2) is 0 Å². The normalized spacial score (nSPS) is 10.7. The van der Waals surface area contributed by atoms with Gasteiger partial charge in [-0.05, 0) is 24.5 Å². The summed E-state index contributed by atoms with van der Waals surface area (Å²) in [7, 11) is 0. The maximum atomic E-state index is 8.74. The van der Waals surface area contributed by atoms with Crippen molar-refractivity contribution >= 4 is 0 Å². The third-order valence-electron chi connectivity index (χ3n) is 2.54. The van der Waals surface area contributed by atoms with Gasteiger partial charge in [0.1, 0.15) is 0 Å². The van der Waals surface area contributed by atoms with Crippen molar-refractivity contribution in [1.82, 2.24) is 15.1 Å². The quantitative estimate of drug-likeness (QED) is 0.849. The smallest absolute Gasteiger partial charge is 0.227 e. The summed E-state index contributed by atoms with van der Waals surface area (Å²) in [5.74, 6) is 1.16. The van der Waals surface area contributed by atoms with Crippen LogP contribution in [0.4, 0.5) is 0 Å². The highest BCUT2D eigenvalue weighted by Crippen LogP contribution is 2.20. The van der Waals surface area contributed by atoms with Crippen LogP contribution in [0.25, 0.3) is 11.4 Å². The first-order chi connectivity index (χ1) is 8.35. The highest BCUT2D eigenvalue weighted by Gasteiger charge is 2.11. The van der Waals surface area contributed by atoms with Crippen LogP contribution in [0.3, 0.4) is 0 Å². The molecule has 0 bridgehead atoms. The van der Waals surface area contributed by atoms with Gasteiger partial charge in [0.05, 0.1) is 0 Å². The van der Waals surface area contributed by atoms with E-state index in [0.717, 1.165) is 17.5 Å². The molecular weight excluding hydrogens is 218 g/mol. The summed E-state index contributed by atoms with van der Waals surface area (Å²) in [6.45, 7) is 2.19. The SMILES string of the molecule is CCc1cnccc1-c1noc(CCCO)n1. The number of aryl methyl sites for hydroxylation is 2. The fraction of sp³-hybridized carbons (Fsp3) is 0.417. The average molecular weight is 233 g/mol. The Morgan fingerprint density at radius 2 is 2.29 bits per heavy atom. The highest BCUT2D eigenvalue weighted by atomic mass is 16.5. The van der Waals surface area contributed by atoms with Crippen LogP contribution in [0.15, 0.2) is 23.0 Å². The minimum atomic E-state index is 0.132. The van der Waals surface area contributed by atoms with Crippen LogP contribution in [0.5, 0.6) is 0 Å². The third kappa shape index (κ3) is 2.68. The van der Waals surface area contributed by atoms with E-state index in [1.54, 1.807) is 6.20 Å². The van der Waals surface area contributed by atoms with Gasteiger partial charge in [-0.15, -0.1) is 0 Å². The van der Waals surface area contributed by atoms with E-state index in [1.165, 1.54) is 0 Å². The molecule has 0 saturated heterocycles. The molecule has 0 unspecified atom stereocenters. The van der Waals surface area contributed by atoms with E-state index in [9.17, 15) is 0 Å². The molecule has 0 aliphatic heterocycles. The summed E-state index contributed by atoms with van der Waals surface area (Å²) in [5, 5.41) is 12.7. The molecule has 2 heterocycles. The van der Waals surface area contributed by atoms with E-state index >= 15 is 0 Å². The number of aliphatic hydroxyl groups excluding tert-OH is 1. The first-order valence-corrected chi connectivity index (χ1v) is 5.72. The fourth-order valence-electron chi connectivity index (χ4n) is 1.62. The van der Waals surface area contributed by atoms with E-state index < -0.39 is 0 Å². The molecule has 2 rings (SSSR count). The Kier molecular flexibility index (Phi) is 3.82. The zero-order chi connectivity index (χ0) is 12.1. The number of aromatic nitrogens is 3. The molecule has 0 spiro atoms. The van der Waals surface area contributed by atoms with E-state index in [-0.39, 0.29) is 6.61 Å². The number of hydrogen-bond donors (Lipinski definition) is 1. The van der Waals surface area contributed by atoms with Crippen molar-refractivity contribution < 1.29 is 9.63 Å². The monoisotopic (exact) mass is 233 g/mol. The molecule has 0 amide bonds. The van der Waals surface area contributed by atoms with Gasteiger partial charge in [0.25, 0.3) is 0 Å². The molecule has 1 N–H and O–H groups in total. The molecule has 0 radical (unpaired) electrons. The predicted octanol–water partition coefficient (Wildman–Crippen LogP) is 1.62. The van der Waals surface area contributed by atoms with E-state index in [4.69, 9.17) is 9.63 Å². The van der Waals surface area contributed by atoms with Crippen molar-refractivity contribution in [3.63, 3.8) is 0 Å². The van der Waals surface area contributed by atoms with E-state index in [0.29, 0.717) is 24.6 Å². The van der Waals surface area contributed by atoms with Crippen LogP contribution in [-0.4, -0.2) is 26.8 Å². The molecule has 2 aromatic rings. The zero-order valence-electron chi connectivity index (χ0n) is 9.76. The third-order valence-corrected chi connectivity index (χ3v) is 2.54. The lowest BCUT2D eigenvalue weighted by molar-refractivity contribution is 0.278. The maximum Gasteiger partial charge on any atom is 0.227 e. The molecule has 0 saturated carbocycles. The van der Waals surface area contributed by atoms with Crippen LogP contribution >= 0.6 is 0 Å². The summed E-state index contributed by atoms with van der Waals surface area (Å²) >= 11 is 0. The lowest BCUT2D eigenvalue weighted by atomic mass is 10.1. The van der Waals surface area contributed by atoms with Gasteiger partial charge < -0.3 is 9.63 Å². The molecule has 0 fully saturated rings. The molecule has 0 aliphatic rings. The van der Waals surface area contributed by atoms with Crippen molar-refractivity contribution in [3.8, 4) is 11.4 Å². The Morgan fingerprint density at radius 1 is 1.41 bits per heavy atom. The molecule has 0 aliphatic carbocycles. The zero-order valence-corrected chi connectivity index (χ0v) is 9.76. The molecule has 5 nitrogen and oxygen atoms in total. The van der Waals surface area contributed by atoms with Gasteiger partial charge in [-0.2, -0.15) is 4.98 Å². The number of rotatable bonds is 5. The van der Waals surface area contributed by atoms with Gasteiger partial charge in [-0.3, -0.25) is 4.98 Å². The first kappa shape index (κ1) is 11.7. The Balaban J connectivity index is 2.24. The van der Waals surface area contributed by atoms with Crippen LogP contribution in [0, 0.1) is 0 Å². The van der Waals surface area contributed by atoms with Crippen LogP contribution in [0.1, 0.15) is 24.8 Å². The lowest BCUT2D eigenvalue weighted by Crippen LogP contribution is -1.92. The number of pyridine rings is 1. The van der Waals surface area contributed by atoms with Gasteiger partial charge in [0, 0.05) is 31.0 Å². The number of aliphatic hydroxyl groups is 1. The minimum absolute atomic E-state index is 0.132.